The molecule has 27 heavy (non-hydrogen) atoms. The third-order valence-electron chi connectivity index (χ3n) is 3.39. The average Bonchev–Trinajstić information content (AvgIpc) is 3.09. The highest BCUT2D eigenvalue weighted by molar-refractivity contribution is 5.95. The van der Waals surface area contributed by atoms with E-state index in [4.69, 9.17) is 23.7 Å². The SMILES string of the molecule is COCC(COC(=O)c1cccc(C(=O)OCC2COC(=O)O2)c1)OC=O. The third-order valence-corrected chi connectivity index (χ3v) is 3.39. The molecule has 0 radical (unpaired) electrons. The maximum Gasteiger partial charge on any atom is 0.508 e. The fraction of sp³-hybridized carbons (Fsp3) is 0.412. The van der Waals surface area contributed by atoms with Crippen molar-refractivity contribution in [2.75, 3.05) is 33.5 Å². The number of hydrogen-bond acceptors (Lipinski definition) is 10. The van der Waals surface area contributed by atoms with Crippen molar-refractivity contribution in [2.45, 2.75) is 12.2 Å². The normalized spacial score (nSPS) is 16.6. The molecule has 2 unspecified atom stereocenters. The Bertz CT molecular complexity index is 686. The van der Waals surface area contributed by atoms with Crippen LogP contribution in [0, 0.1) is 0 Å². The summed E-state index contributed by atoms with van der Waals surface area (Å²) in [5, 5.41) is 0. The quantitative estimate of drug-likeness (QED) is 0.325. The fourth-order valence-corrected chi connectivity index (χ4v) is 2.12. The minimum atomic E-state index is -0.814. The lowest BCUT2D eigenvalue weighted by atomic mass is 10.1. The summed E-state index contributed by atoms with van der Waals surface area (Å²) in [6, 6.07) is 5.70. The molecule has 0 spiro atoms. The molecule has 0 bridgehead atoms. The van der Waals surface area contributed by atoms with Gasteiger partial charge in [0.15, 0.2) is 12.2 Å². The lowest BCUT2D eigenvalue weighted by molar-refractivity contribution is -0.138. The Hall–Kier alpha value is -3.14. The van der Waals surface area contributed by atoms with Crippen molar-refractivity contribution in [3.05, 3.63) is 35.4 Å². The molecule has 1 aromatic carbocycles. The van der Waals surface area contributed by atoms with Crippen LogP contribution in [0.2, 0.25) is 0 Å². The lowest BCUT2D eigenvalue weighted by Crippen LogP contribution is -2.26. The van der Waals surface area contributed by atoms with Gasteiger partial charge in [-0.1, -0.05) is 6.07 Å². The molecule has 0 amide bonds. The second-order valence-electron chi connectivity index (χ2n) is 5.39. The summed E-state index contributed by atoms with van der Waals surface area (Å²) >= 11 is 0. The van der Waals surface area contributed by atoms with Crippen LogP contribution in [0.4, 0.5) is 4.79 Å². The van der Waals surface area contributed by atoms with Crippen LogP contribution in [0.1, 0.15) is 20.7 Å². The first kappa shape index (κ1) is 20.2. The first-order chi connectivity index (χ1) is 13.0. The van der Waals surface area contributed by atoms with Gasteiger partial charge in [-0.25, -0.2) is 14.4 Å². The number of rotatable bonds is 10. The molecule has 0 aliphatic carbocycles. The van der Waals surface area contributed by atoms with Crippen molar-refractivity contribution < 1.29 is 47.6 Å². The molecule has 1 saturated heterocycles. The van der Waals surface area contributed by atoms with Gasteiger partial charge in [-0.05, 0) is 18.2 Å². The highest BCUT2D eigenvalue weighted by Gasteiger charge is 2.26. The number of carbonyl (C=O) groups is 4. The summed E-state index contributed by atoms with van der Waals surface area (Å²) in [6.45, 7) is -0.0627. The van der Waals surface area contributed by atoms with Crippen molar-refractivity contribution in [3.8, 4) is 0 Å². The lowest BCUT2D eigenvalue weighted by Gasteiger charge is -2.14. The van der Waals surface area contributed by atoms with E-state index in [0.29, 0.717) is 0 Å². The Kier molecular flexibility index (Phi) is 7.56. The Morgan fingerprint density at radius 2 is 1.93 bits per heavy atom. The number of hydrogen-bond donors (Lipinski definition) is 0. The van der Waals surface area contributed by atoms with Crippen LogP contribution in [0.15, 0.2) is 24.3 Å². The summed E-state index contributed by atoms with van der Waals surface area (Å²) in [5.74, 6) is -1.41. The van der Waals surface area contributed by atoms with Crippen LogP contribution in [0.5, 0.6) is 0 Å². The largest absolute Gasteiger partial charge is 0.508 e. The Morgan fingerprint density at radius 3 is 2.52 bits per heavy atom. The summed E-state index contributed by atoms with van der Waals surface area (Å²) in [5.41, 5.74) is 0.231. The number of methoxy groups -OCH3 is 1. The van der Waals surface area contributed by atoms with Gasteiger partial charge < -0.3 is 28.4 Å². The highest BCUT2D eigenvalue weighted by atomic mass is 16.8. The molecule has 1 heterocycles. The maximum absolute atomic E-state index is 12.1. The Labute approximate surface area is 154 Å². The monoisotopic (exact) mass is 382 g/mol. The van der Waals surface area contributed by atoms with Crippen LogP contribution < -0.4 is 0 Å². The van der Waals surface area contributed by atoms with Crippen LogP contribution >= 0.6 is 0 Å². The summed E-state index contributed by atoms with van der Waals surface area (Å²) in [7, 11) is 1.41. The number of ether oxygens (including phenoxy) is 6. The molecule has 0 N–H and O–H groups in total. The van der Waals surface area contributed by atoms with Crippen molar-refractivity contribution >= 4 is 24.6 Å². The Balaban J connectivity index is 1.89. The number of carbonyl (C=O) groups excluding carboxylic acids is 4. The molecule has 2 atom stereocenters. The molecule has 1 aliphatic rings. The summed E-state index contributed by atoms with van der Waals surface area (Å²) in [6.07, 6.45) is -2.21. The first-order valence-electron chi connectivity index (χ1n) is 7.89. The molecule has 1 aliphatic heterocycles. The average molecular weight is 382 g/mol. The zero-order valence-electron chi connectivity index (χ0n) is 14.5. The minimum absolute atomic E-state index is 0.00395. The first-order valence-corrected chi connectivity index (χ1v) is 7.89. The van der Waals surface area contributed by atoms with Crippen molar-refractivity contribution in [1.29, 1.82) is 0 Å². The zero-order valence-corrected chi connectivity index (χ0v) is 14.5. The van der Waals surface area contributed by atoms with E-state index in [1.165, 1.54) is 31.4 Å². The maximum atomic E-state index is 12.1. The molecule has 146 valence electrons. The summed E-state index contributed by atoms with van der Waals surface area (Å²) in [4.78, 5) is 45.4. The molecule has 2 rings (SSSR count). The van der Waals surface area contributed by atoms with Gasteiger partial charge in [0.05, 0.1) is 17.7 Å². The van der Waals surface area contributed by atoms with E-state index in [1.807, 2.05) is 0 Å². The molecule has 1 fully saturated rings. The molecular formula is C17H18O10. The second kappa shape index (κ2) is 10.1. The van der Waals surface area contributed by atoms with Gasteiger partial charge in [0.25, 0.3) is 6.47 Å². The zero-order chi connectivity index (χ0) is 19.6. The van der Waals surface area contributed by atoms with E-state index in [2.05, 4.69) is 4.74 Å². The Morgan fingerprint density at radius 1 is 1.22 bits per heavy atom. The van der Waals surface area contributed by atoms with Crippen LogP contribution in [-0.4, -0.2) is 70.3 Å². The molecule has 0 aromatic heterocycles. The standard InChI is InChI=1S/C17H18O10/c1-22-6-13(26-10-18)7-23-15(19)11-3-2-4-12(5-11)16(20)24-8-14-9-25-17(21)27-14/h2-5,10,13-14H,6-9H2,1H3. The molecule has 1 aromatic rings. The van der Waals surface area contributed by atoms with Crippen molar-refractivity contribution in [3.63, 3.8) is 0 Å². The van der Waals surface area contributed by atoms with Gasteiger partial charge >= 0.3 is 18.1 Å². The van der Waals surface area contributed by atoms with Gasteiger partial charge in [-0.3, -0.25) is 4.79 Å². The van der Waals surface area contributed by atoms with Gasteiger partial charge in [0.1, 0.15) is 19.8 Å². The van der Waals surface area contributed by atoms with Gasteiger partial charge in [-0.15, -0.1) is 0 Å². The van der Waals surface area contributed by atoms with Gasteiger partial charge in [0.2, 0.25) is 0 Å². The van der Waals surface area contributed by atoms with E-state index in [-0.39, 0.29) is 44.0 Å². The molecular weight excluding hydrogens is 364 g/mol. The van der Waals surface area contributed by atoms with E-state index in [1.54, 1.807) is 0 Å². The second-order valence-corrected chi connectivity index (χ2v) is 5.39. The van der Waals surface area contributed by atoms with Crippen molar-refractivity contribution in [1.82, 2.24) is 0 Å². The highest BCUT2D eigenvalue weighted by Crippen LogP contribution is 2.11. The molecule has 0 saturated carbocycles. The third kappa shape index (κ3) is 6.26. The van der Waals surface area contributed by atoms with Crippen molar-refractivity contribution in [2.24, 2.45) is 0 Å². The smallest absolute Gasteiger partial charge is 0.458 e. The van der Waals surface area contributed by atoms with Crippen LogP contribution in [0.25, 0.3) is 0 Å². The van der Waals surface area contributed by atoms with Crippen LogP contribution in [0.3, 0.4) is 0 Å². The van der Waals surface area contributed by atoms with E-state index < -0.39 is 30.3 Å². The van der Waals surface area contributed by atoms with Gasteiger partial charge in [0, 0.05) is 7.11 Å². The minimum Gasteiger partial charge on any atom is -0.458 e. The number of benzene rings is 1. The van der Waals surface area contributed by atoms with E-state index in [9.17, 15) is 19.2 Å². The topological polar surface area (TPSA) is 124 Å². The van der Waals surface area contributed by atoms with E-state index >= 15 is 0 Å². The predicted molar refractivity (Wildman–Crippen MR) is 86.0 cm³/mol. The van der Waals surface area contributed by atoms with Gasteiger partial charge in [-0.2, -0.15) is 0 Å². The fourth-order valence-electron chi connectivity index (χ4n) is 2.12. The summed E-state index contributed by atoms with van der Waals surface area (Å²) < 4.78 is 29.0. The van der Waals surface area contributed by atoms with Crippen LogP contribution in [-0.2, 0) is 33.2 Å². The predicted octanol–water partition coefficient (Wildman–Crippen LogP) is 0.724. The number of cyclic esters (lactones) is 2. The molecule has 10 heteroatoms. The number of esters is 2. The van der Waals surface area contributed by atoms with E-state index in [0.717, 1.165) is 0 Å². The molecule has 10 nitrogen and oxygen atoms in total.